The normalized spacial score (nSPS) is 11.8. The first kappa shape index (κ1) is 15.2. The van der Waals surface area contributed by atoms with Gasteiger partial charge in [0.25, 0.3) is 0 Å². The molecule has 2 rings (SSSR count). The molecule has 0 aliphatic carbocycles. The van der Waals surface area contributed by atoms with Crippen LogP contribution in [0.3, 0.4) is 0 Å². The summed E-state index contributed by atoms with van der Waals surface area (Å²) in [6, 6.07) is 6.81. The number of ether oxygens (including phenoxy) is 2. The molecule has 0 fully saturated rings. The van der Waals surface area contributed by atoms with Crippen LogP contribution >= 0.6 is 11.6 Å². The second-order valence-electron chi connectivity index (χ2n) is 4.40. The number of amides is 1. The molecule has 7 heteroatoms. The van der Waals surface area contributed by atoms with Crippen molar-refractivity contribution in [2.75, 3.05) is 19.5 Å². The lowest BCUT2D eigenvalue weighted by Gasteiger charge is -2.13. The summed E-state index contributed by atoms with van der Waals surface area (Å²) in [6.07, 6.45) is 0. The molecule has 0 saturated carbocycles. The molecule has 21 heavy (non-hydrogen) atoms. The van der Waals surface area contributed by atoms with Gasteiger partial charge in [-0.3, -0.25) is 9.89 Å². The fraction of sp³-hybridized carbons (Fsp3) is 0.286. The summed E-state index contributed by atoms with van der Waals surface area (Å²) in [6.45, 7) is 1.84. The van der Waals surface area contributed by atoms with Crippen molar-refractivity contribution in [1.82, 2.24) is 10.2 Å². The Hall–Kier alpha value is -2.21. The quantitative estimate of drug-likeness (QED) is 0.833. The number of rotatable bonds is 5. The summed E-state index contributed by atoms with van der Waals surface area (Å²) < 4.78 is 10.3. The fourth-order valence-electron chi connectivity index (χ4n) is 1.83. The highest BCUT2D eigenvalue weighted by Gasteiger charge is 2.20. The van der Waals surface area contributed by atoms with Gasteiger partial charge in [0.15, 0.2) is 17.3 Å². The Morgan fingerprint density at radius 2 is 2.00 bits per heavy atom. The number of nitrogens with one attached hydrogen (secondary N) is 2. The van der Waals surface area contributed by atoms with Gasteiger partial charge in [0.05, 0.1) is 14.2 Å². The van der Waals surface area contributed by atoms with Crippen molar-refractivity contribution in [1.29, 1.82) is 0 Å². The smallest absolute Gasteiger partial charge is 0.248 e. The van der Waals surface area contributed by atoms with Crippen molar-refractivity contribution in [2.45, 2.75) is 12.3 Å². The lowest BCUT2D eigenvalue weighted by molar-refractivity contribution is -0.116. The number of nitrogens with zero attached hydrogens (tertiary/aromatic N) is 1. The number of halogens is 1. The van der Waals surface area contributed by atoms with Crippen LogP contribution in [0.2, 0.25) is 0 Å². The van der Waals surface area contributed by atoms with Gasteiger partial charge in [0.1, 0.15) is 5.38 Å². The van der Waals surface area contributed by atoms with Gasteiger partial charge in [-0.25, -0.2) is 0 Å². The van der Waals surface area contributed by atoms with Crippen LogP contribution in [-0.4, -0.2) is 30.3 Å². The summed E-state index contributed by atoms with van der Waals surface area (Å²) in [5.41, 5.74) is 1.46. The van der Waals surface area contributed by atoms with E-state index in [1.807, 2.05) is 6.92 Å². The molecular formula is C14H16ClN3O3. The molecule has 2 aromatic rings. The van der Waals surface area contributed by atoms with E-state index in [0.717, 1.165) is 5.69 Å². The Morgan fingerprint density at radius 3 is 2.57 bits per heavy atom. The number of carbonyl (C=O) groups excluding carboxylic acids is 1. The highest BCUT2D eigenvalue weighted by molar-refractivity contribution is 6.32. The van der Waals surface area contributed by atoms with Crippen molar-refractivity contribution < 1.29 is 14.3 Å². The van der Waals surface area contributed by atoms with Gasteiger partial charge in [0, 0.05) is 11.8 Å². The molecule has 1 atom stereocenters. The third-order valence-electron chi connectivity index (χ3n) is 2.89. The third-order valence-corrected chi connectivity index (χ3v) is 3.34. The highest BCUT2D eigenvalue weighted by Crippen LogP contribution is 2.32. The number of aromatic amines is 1. The largest absolute Gasteiger partial charge is 0.493 e. The molecule has 0 bridgehead atoms. The van der Waals surface area contributed by atoms with Gasteiger partial charge in [-0.2, -0.15) is 5.10 Å². The standard InChI is InChI=1S/C14H16ClN3O3/c1-8-6-12(18-17-8)16-14(19)13(15)9-4-5-10(20-2)11(7-9)21-3/h4-7,13H,1-3H3,(H2,16,17,18,19). The van der Waals surface area contributed by atoms with Crippen molar-refractivity contribution >= 4 is 23.3 Å². The minimum atomic E-state index is -0.859. The summed E-state index contributed by atoms with van der Waals surface area (Å²) in [5.74, 6) is 1.16. The van der Waals surface area contributed by atoms with Crippen LogP contribution in [0, 0.1) is 6.92 Å². The predicted molar refractivity (Wildman–Crippen MR) is 80.1 cm³/mol. The number of benzene rings is 1. The van der Waals surface area contributed by atoms with Gasteiger partial charge < -0.3 is 14.8 Å². The Morgan fingerprint density at radius 1 is 1.29 bits per heavy atom. The molecule has 6 nitrogen and oxygen atoms in total. The van der Waals surface area contributed by atoms with E-state index in [4.69, 9.17) is 21.1 Å². The molecule has 112 valence electrons. The summed E-state index contributed by atoms with van der Waals surface area (Å²) >= 11 is 6.19. The molecule has 2 N–H and O–H groups in total. The first-order chi connectivity index (χ1) is 10.0. The average molecular weight is 310 g/mol. The SMILES string of the molecule is COc1ccc(C(Cl)C(=O)Nc2cc(C)[nH]n2)cc1OC. The molecule has 0 radical (unpaired) electrons. The molecule has 1 heterocycles. The van der Waals surface area contributed by atoms with E-state index >= 15 is 0 Å². The number of aryl methyl sites for hydroxylation is 1. The minimum absolute atomic E-state index is 0.365. The Bertz CT molecular complexity index is 642. The number of methoxy groups -OCH3 is 2. The average Bonchev–Trinajstić information content (AvgIpc) is 2.90. The summed E-state index contributed by atoms with van der Waals surface area (Å²) in [7, 11) is 3.07. The van der Waals surface area contributed by atoms with E-state index in [0.29, 0.717) is 22.9 Å². The number of carbonyl (C=O) groups is 1. The molecule has 0 saturated heterocycles. The van der Waals surface area contributed by atoms with E-state index in [1.165, 1.54) is 7.11 Å². The minimum Gasteiger partial charge on any atom is -0.493 e. The van der Waals surface area contributed by atoms with Crippen LogP contribution in [0.5, 0.6) is 11.5 Å². The maximum atomic E-state index is 12.1. The van der Waals surface area contributed by atoms with E-state index in [2.05, 4.69) is 15.5 Å². The van der Waals surface area contributed by atoms with Gasteiger partial charge >= 0.3 is 0 Å². The lowest BCUT2D eigenvalue weighted by atomic mass is 10.1. The Balaban J connectivity index is 2.15. The van der Waals surface area contributed by atoms with Gasteiger partial charge in [-0.05, 0) is 24.6 Å². The Kier molecular flexibility index (Phi) is 4.70. The zero-order valence-electron chi connectivity index (χ0n) is 11.9. The molecule has 1 aromatic carbocycles. The molecule has 1 amide bonds. The molecule has 0 aliphatic rings. The first-order valence-corrected chi connectivity index (χ1v) is 6.67. The molecule has 0 aliphatic heterocycles. The second kappa shape index (κ2) is 6.49. The third kappa shape index (κ3) is 3.46. The summed E-state index contributed by atoms with van der Waals surface area (Å²) in [4.78, 5) is 12.1. The monoisotopic (exact) mass is 309 g/mol. The van der Waals surface area contributed by atoms with Crippen LogP contribution in [0.25, 0.3) is 0 Å². The number of aromatic nitrogens is 2. The topological polar surface area (TPSA) is 76.2 Å². The molecule has 1 unspecified atom stereocenters. The van der Waals surface area contributed by atoms with Crippen LogP contribution in [0.15, 0.2) is 24.3 Å². The fourth-order valence-corrected chi connectivity index (χ4v) is 2.02. The van der Waals surface area contributed by atoms with Crippen LogP contribution in [0.4, 0.5) is 5.82 Å². The molecular weight excluding hydrogens is 294 g/mol. The van der Waals surface area contributed by atoms with E-state index in [1.54, 1.807) is 31.4 Å². The lowest BCUT2D eigenvalue weighted by Crippen LogP contribution is -2.17. The van der Waals surface area contributed by atoms with Gasteiger partial charge in [0.2, 0.25) is 5.91 Å². The second-order valence-corrected chi connectivity index (χ2v) is 4.84. The molecule has 1 aromatic heterocycles. The maximum Gasteiger partial charge on any atom is 0.248 e. The predicted octanol–water partition coefficient (Wildman–Crippen LogP) is 2.65. The number of hydrogen-bond acceptors (Lipinski definition) is 4. The van der Waals surface area contributed by atoms with E-state index < -0.39 is 5.38 Å². The number of anilines is 1. The first-order valence-electron chi connectivity index (χ1n) is 6.24. The summed E-state index contributed by atoms with van der Waals surface area (Å²) in [5, 5.41) is 8.46. The zero-order chi connectivity index (χ0) is 15.4. The van der Waals surface area contributed by atoms with Gasteiger partial charge in [-0.1, -0.05) is 6.07 Å². The van der Waals surface area contributed by atoms with Crippen molar-refractivity contribution in [2.24, 2.45) is 0 Å². The zero-order valence-corrected chi connectivity index (χ0v) is 12.7. The van der Waals surface area contributed by atoms with Crippen LogP contribution < -0.4 is 14.8 Å². The van der Waals surface area contributed by atoms with Crippen molar-refractivity contribution in [3.63, 3.8) is 0 Å². The van der Waals surface area contributed by atoms with E-state index in [-0.39, 0.29) is 5.91 Å². The van der Waals surface area contributed by atoms with Crippen LogP contribution in [0.1, 0.15) is 16.6 Å². The van der Waals surface area contributed by atoms with Crippen LogP contribution in [-0.2, 0) is 4.79 Å². The number of H-pyrrole nitrogens is 1. The maximum absolute atomic E-state index is 12.1. The van der Waals surface area contributed by atoms with Gasteiger partial charge in [-0.15, -0.1) is 11.6 Å². The Labute approximate surface area is 127 Å². The highest BCUT2D eigenvalue weighted by atomic mass is 35.5. The van der Waals surface area contributed by atoms with Crippen molar-refractivity contribution in [3.8, 4) is 11.5 Å². The van der Waals surface area contributed by atoms with E-state index in [9.17, 15) is 4.79 Å². The van der Waals surface area contributed by atoms with Crippen molar-refractivity contribution in [3.05, 3.63) is 35.5 Å². The number of hydrogen-bond donors (Lipinski definition) is 2. The number of alkyl halides is 1. The molecule has 0 spiro atoms.